The molecule has 0 aliphatic carbocycles. The second kappa shape index (κ2) is 10.2. The summed E-state index contributed by atoms with van der Waals surface area (Å²) in [5, 5.41) is 3.30. The SMILES string of the molecule is CCCCN(CCCC)C(=O)CN(CCC)C1CNC1. The normalized spacial score (nSPS) is 15.4. The standard InChI is InChI=1S/C16H33N3O/c1-4-7-10-18(11-8-5-2)16(20)14-19(9-6-3)15-12-17-13-15/h15,17H,4-14H2,1-3H3. The smallest absolute Gasteiger partial charge is 0.236 e. The molecule has 1 aliphatic rings. The second-order valence-electron chi connectivity index (χ2n) is 5.87. The molecule has 0 aromatic rings. The van der Waals surface area contributed by atoms with Gasteiger partial charge in [0.2, 0.25) is 5.91 Å². The molecule has 1 fully saturated rings. The van der Waals surface area contributed by atoms with Crippen molar-refractivity contribution < 1.29 is 4.79 Å². The van der Waals surface area contributed by atoms with E-state index in [1.165, 1.54) is 0 Å². The predicted octanol–water partition coefficient (Wildman–Crippen LogP) is 2.10. The summed E-state index contributed by atoms with van der Waals surface area (Å²) >= 11 is 0. The Hall–Kier alpha value is -0.610. The first-order chi connectivity index (χ1) is 9.72. The molecule has 0 spiro atoms. The molecule has 1 amide bonds. The lowest BCUT2D eigenvalue weighted by atomic mass is 10.1. The Balaban J connectivity index is 2.47. The van der Waals surface area contributed by atoms with Crippen LogP contribution in [0.2, 0.25) is 0 Å². The third-order valence-electron chi connectivity index (χ3n) is 4.04. The molecular formula is C16H33N3O. The number of carbonyl (C=O) groups excluding carboxylic acids is 1. The van der Waals surface area contributed by atoms with Crippen LogP contribution in [0.5, 0.6) is 0 Å². The van der Waals surface area contributed by atoms with Gasteiger partial charge in [-0.05, 0) is 25.8 Å². The van der Waals surface area contributed by atoms with E-state index in [0.29, 0.717) is 18.5 Å². The molecule has 20 heavy (non-hydrogen) atoms. The lowest BCUT2D eigenvalue weighted by Crippen LogP contribution is -2.59. The average molecular weight is 283 g/mol. The molecule has 1 N–H and O–H groups in total. The van der Waals surface area contributed by atoms with Crippen LogP contribution in [-0.2, 0) is 4.79 Å². The summed E-state index contributed by atoms with van der Waals surface area (Å²) in [5.74, 6) is 0.326. The number of hydrogen-bond donors (Lipinski definition) is 1. The zero-order valence-corrected chi connectivity index (χ0v) is 13.7. The van der Waals surface area contributed by atoms with Crippen LogP contribution in [-0.4, -0.2) is 61.0 Å². The largest absolute Gasteiger partial charge is 0.342 e. The van der Waals surface area contributed by atoms with Crippen LogP contribution in [0.15, 0.2) is 0 Å². The molecule has 1 saturated heterocycles. The van der Waals surface area contributed by atoms with Gasteiger partial charge >= 0.3 is 0 Å². The van der Waals surface area contributed by atoms with E-state index >= 15 is 0 Å². The number of nitrogens with zero attached hydrogens (tertiary/aromatic N) is 2. The van der Waals surface area contributed by atoms with Gasteiger partial charge in [-0.2, -0.15) is 0 Å². The van der Waals surface area contributed by atoms with E-state index in [-0.39, 0.29) is 0 Å². The van der Waals surface area contributed by atoms with Gasteiger partial charge in [0.1, 0.15) is 0 Å². The Kier molecular flexibility index (Phi) is 8.86. The molecule has 1 aliphatic heterocycles. The Bertz CT molecular complexity index is 258. The van der Waals surface area contributed by atoms with Crippen molar-refractivity contribution in [3.63, 3.8) is 0 Å². The highest BCUT2D eigenvalue weighted by atomic mass is 16.2. The fourth-order valence-electron chi connectivity index (χ4n) is 2.54. The Morgan fingerprint density at radius 3 is 2.00 bits per heavy atom. The van der Waals surface area contributed by atoms with Gasteiger partial charge in [-0.15, -0.1) is 0 Å². The quantitative estimate of drug-likeness (QED) is 0.631. The molecule has 118 valence electrons. The van der Waals surface area contributed by atoms with Crippen molar-refractivity contribution in [1.29, 1.82) is 0 Å². The summed E-state index contributed by atoms with van der Waals surface area (Å²) in [6.07, 6.45) is 5.67. The van der Waals surface area contributed by atoms with E-state index in [1.807, 2.05) is 0 Å². The number of carbonyl (C=O) groups is 1. The maximum absolute atomic E-state index is 12.5. The zero-order valence-electron chi connectivity index (χ0n) is 13.7. The van der Waals surface area contributed by atoms with Gasteiger partial charge in [-0.25, -0.2) is 0 Å². The number of unbranched alkanes of at least 4 members (excludes halogenated alkanes) is 2. The zero-order chi connectivity index (χ0) is 14.8. The number of rotatable bonds is 11. The van der Waals surface area contributed by atoms with E-state index in [4.69, 9.17) is 0 Å². The molecule has 0 radical (unpaired) electrons. The van der Waals surface area contributed by atoms with E-state index in [9.17, 15) is 4.79 Å². The molecule has 0 atom stereocenters. The highest BCUT2D eigenvalue weighted by Crippen LogP contribution is 2.08. The van der Waals surface area contributed by atoms with Crippen molar-refractivity contribution >= 4 is 5.91 Å². The summed E-state index contributed by atoms with van der Waals surface area (Å²) in [5.41, 5.74) is 0. The molecule has 0 aromatic carbocycles. The summed E-state index contributed by atoms with van der Waals surface area (Å²) < 4.78 is 0. The maximum Gasteiger partial charge on any atom is 0.236 e. The fraction of sp³-hybridized carbons (Fsp3) is 0.938. The van der Waals surface area contributed by atoms with E-state index < -0.39 is 0 Å². The van der Waals surface area contributed by atoms with Crippen LogP contribution in [0, 0.1) is 0 Å². The third kappa shape index (κ3) is 5.80. The first-order valence-electron chi connectivity index (χ1n) is 8.45. The molecule has 1 heterocycles. The van der Waals surface area contributed by atoms with Gasteiger partial charge in [0, 0.05) is 32.2 Å². The van der Waals surface area contributed by atoms with Crippen LogP contribution in [0.4, 0.5) is 0 Å². The van der Waals surface area contributed by atoms with E-state index in [1.54, 1.807) is 0 Å². The van der Waals surface area contributed by atoms with Gasteiger partial charge in [-0.3, -0.25) is 9.69 Å². The average Bonchev–Trinajstić information content (AvgIpc) is 2.37. The minimum atomic E-state index is 0.326. The van der Waals surface area contributed by atoms with Crippen molar-refractivity contribution in [2.24, 2.45) is 0 Å². The Morgan fingerprint density at radius 1 is 1.00 bits per heavy atom. The monoisotopic (exact) mass is 283 g/mol. The highest BCUT2D eigenvalue weighted by molar-refractivity contribution is 5.78. The minimum absolute atomic E-state index is 0.326. The summed E-state index contributed by atoms with van der Waals surface area (Å²) in [6, 6.07) is 0.568. The number of hydrogen-bond acceptors (Lipinski definition) is 3. The molecule has 4 nitrogen and oxygen atoms in total. The third-order valence-corrected chi connectivity index (χ3v) is 4.04. The summed E-state index contributed by atoms with van der Waals surface area (Å²) in [4.78, 5) is 17.0. The van der Waals surface area contributed by atoms with Crippen molar-refractivity contribution in [2.45, 2.75) is 58.9 Å². The van der Waals surface area contributed by atoms with Crippen LogP contribution in [0.1, 0.15) is 52.9 Å². The van der Waals surface area contributed by atoms with Crippen LogP contribution in [0.3, 0.4) is 0 Å². The second-order valence-corrected chi connectivity index (χ2v) is 5.87. The maximum atomic E-state index is 12.5. The minimum Gasteiger partial charge on any atom is -0.342 e. The molecular weight excluding hydrogens is 250 g/mol. The first kappa shape index (κ1) is 17.4. The molecule has 0 unspecified atom stereocenters. The lowest BCUT2D eigenvalue weighted by molar-refractivity contribution is -0.133. The number of amides is 1. The summed E-state index contributed by atoms with van der Waals surface area (Å²) in [7, 11) is 0. The van der Waals surface area contributed by atoms with E-state index in [0.717, 1.165) is 64.8 Å². The molecule has 4 heteroatoms. The van der Waals surface area contributed by atoms with Gasteiger partial charge in [0.05, 0.1) is 6.54 Å². The van der Waals surface area contributed by atoms with Crippen molar-refractivity contribution in [1.82, 2.24) is 15.1 Å². The predicted molar refractivity (Wildman–Crippen MR) is 84.9 cm³/mol. The lowest BCUT2D eigenvalue weighted by Gasteiger charge is -2.38. The number of nitrogens with one attached hydrogen (secondary N) is 1. The van der Waals surface area contributed by atoms with E-state index in [2.05, 4.69) is 35.9 Å². The van der Waals surface area contributed by atoms with Crippen molar-refractivity contribution in [3.8, 4) is 0 Å². The van der Waals surface area contributed by atoms with Crippen LogP contribution >= 0.6 is 0 Å². The van der Waals surface area contributed by atoms with Crippen molar-refractivity contribution in [3.05, 3.63) is 0 Å². The molecule has 0 aromatic heterocycles. The highest BCUT2D eigenvalue weighted by Gasteiger charge is 2.26. The molecule has 0 bridgehead atoms. The topological polar surface area (TPSA) is 35.6 Å². The fourth-order valence-corrected chi connectivity index (χ4v) is 2.54. The Morgan fingerprint density at radius 2 is 1.60 bits per heavy atom. The first-order valence-corrected chi connectivity index (χ1v) is 8.45. The molecule has 1 rings (SSSR count). The Labute approximate surface area is 124 Å². The van der Waals surface area contributed by atoms with Gasteiger partial charge in [0.25, 0.3) is 0 Å². The van der Waals surface area contributed by atoms with Gasteiger partial charge in [-0.1, -0.05) is 33.6 Å². The van der Waals surface area contributed by atoms with Crippen molar-refractivity contribution in [2.75, 3.05) is 39.3 Å². The van der Waals surface area contributed by atoms with Gasteiger partial charge in [0.15, 0.2) is 0 Å². The van der Waals surface area contributed by atoms with Gasteiger partial charge < -0.3 is 10.2 Å². The van der Waals surface area contributed by atoms with Crippen LogP contribution < -0.4 is 5.32 Å². The summed E-state index contributed by atoms with van der Waals surface area (Å²) in [6.45, 7) is 12.1. The van der Waals surface area contributed by atoms with Crippen LogP contribution in [0.25, 0.3) is 0 Å². The molecule has 0 saturated carbocycles.